The molecule has 3 nitrogen and oxygen atoms in total. The van der Waals surface area contributed by atoms with Crippen LogP contribution in [-0.4, -0.2) is 13.7 Å². The predicted octanol–water partition coefficient (Wildman–Crippen LogP) is 4.42. The van der Waals surface area contributed by atoms with E-state index in [9.17, 15) is 0 Å². The molecule has 5 heteroatoms. The Bertz CT molecular complexity index is 542. The van der Waals surface area contributed by atoms with E-state index in [0.717, 1.165) is 28.1 Å². The minimum atomic E-state index is 0.611. The fourth-order valence-corrected chi connectivity index (χ4v) is 2.72. The first kappa shape index (κ1) is 14.0. The molecule has 0 unspecified atom stereocenters. The fourth-order valence-electron chi connectivity index (χ4n) is 1.69. The number of hydrogen-bond acceptors (Lipinski definition) is 4. The monoisotopic (exact) mass is 297 g/mol. The summed E-state index contributed by atoms with van der Waals surface area (Å²) in [6, 6.07) is 9.73. The average molecular weight is 298 g/mol. The van der Waals surface area contributed by atoms with Crippen LogP contribution in [0.3, 0.4) is 0 Å². The zero-order valence-corrected chi connectivity index (χ0v) is 12.5. The van der Waals surface area contributed by atoms with Crippen LogP contribution in [0.15, 0.2) is 30.3 Å². The van der Waals surface area contributed by atoms with E-state index in [1.165, 1.54) is 4.88 Å². The summed E-state index contributed by atoms with van der Waals surface area (Å²) in [7, 11) is 1.64. The van der Waals surface area contributed by atoms with Crippen LogP contribution in [-0.2, 0) is 6.54 Å². The molecule has 0 radical (unpaired) electrons. The van der Waals surface area contributed by atoms with E-state index >= 15 is 0 Å². The summed E-state index contributed by atoms with van der Waals surface area (Å²) < 4.78 is 11.6. The standard InChI is InChI=1S/C14H16ClNO2S/c1-3-18-13-8-10(4-6-12(13)17-2)16-9-11-5-7-14(15)19-11/h4-8,16H,3,9H2,1-2H3. The number of anilines is 1. The molecule has 0 saturated carbocycles. The zero-order valence-electron chi connectivity index (χ0n) is 10.9. The molecule has 0 amide bonds. The van der Waals surface area contributed by atoms with Gasteiger partial charge in [0.05, 0.1) is 18.1 Å². The Balaban J connectivity index is 2.05. The Morgan fingerprint density at radius 3 is 2.68 bits per heavy atom. The van der Waals surface area contributed by atoms with Gasteiger partial charge in [0, 0.05) is 23.2 Å². The number of ether oxygens (including phenoxy) is 2. The van der Waals surface area contributed by atoms with Gasteiger partial charge >= 0.3 is 0 Å². The van der Waals surface area contributed by atoms with E-state index < -0.39 is 0 Å². The first-order chi connectivity index (χ1) is 9.22. The van der Waals surface area contributed by atoms with Crippen molar-refractivity contribution in [2.24, 2.45) is 0 Å². The number of thiophene rings is 1. The molecule has 0 bridgehead atoms. The molecule has 0 fully saturated rings. The molecule has 1 aromatic carbocycles. The lowest BCUT2D eigenvalue weighted by atomic mass is 10.2. The SMILES string of the molecule is CCOc1cc(NCc2ccc(Cl)s2)ccc1OC. The number of rotatable bonds is 6. The van der Waals surface area contributed by atoms with Crippen molar-refractivity contribution in [1.29, 1.82) is 0 Å². The van der Waals surface area contributed by atoms with Crippen molar-refractivity contribution in [3.8, 4) is 11.5 Å². The lowest BCUT2D eigenvalue weighted by Crippen LogP contribution is -2.00. The quantitative estimate of drug-likeness (QED) is 0.856. The summed E-state index contributed by atoms with van der Waals surface area (Å²) in [5.41, 5.74) is 0.994. The van der Waals surface area contributed by atoms with E-state index in [1.54, 1.807) is 18.4 Å². The molecule has 1 aromatic heterocycles. The van der Waals surface area contributed by atoms with Gasteiger partial charge in [0.25, 0.3) is 0 Å². The Labute approximate surface area is 122 Å². The van der Waals surface area contributed by atoms with E-state index in [4.69, 9.17) is 21.1 Å². The maximum atomic E-state index is 5.90. The molecule has 102 valence electrons. The summed E-state index contributed by atoms with van der Waals surface area (Å²) in [6.07, 6.45) is 0. The van der Waals surface area contributed by atoms with Crippen LogP contribution >= 0.6 is 22.9 Å². The van der Waals surface area contributed by atoms with Crippen LogP contribution in [0.2, 0.25) is 4.34 Å². The highest BCUT2D eigenvalue weighted by atomic mass is 35.5. The predicted molar refractivity (Wildman–Crippen MR) is 80.8 cm³/mol. The van der Waals surface area contributed by atoms with Crippen LogP contribution in [0.1, 0.15) is 11.8 Å². The van der Waals surface area contributed by atoms with Crippen LogP contribution in [0.25, 0.3) is 0 Å². The summed E-state index contributed by atoms with van der Waals surface area (Å²) in [6.45, 7) is 3.31. The normalized spacial score (nSPS) is 10.3. The maximum absolute atomic E-state index is 5.90. The van der Waals surface area contributed by atoms with Crippen molar-refractivity contribution in [3.05, 3.63) is 39.5 Å². The summed E-state index contributed by atoms with van der Waals surface area (Å²) in [4.78, 5) is 1.19. The Morgan fingerprint density at radius 2 is 2.05 bits per heavy atom. The molecule has 0 aliphatic carbocycles. The van der Waals surface area contributed by atoms with Gasteiger partial charge in [0.1, 0.15) is 0 Å². The Hall–Kier alpha value is -1.39. The van der Waals surface area contributed by atoms with Gasteiger partial charge in [-0.1, -0.05) is 11.6 Å². The molecule has 0 aliphatic heterocycles. The molecular formula is C14H16ClNO2S. The molecule has 0 atom stereocenters. The molecule has 0 aliphatic rings. The molecule has 19 heavy (non-hydrogen) atoms. The Morgan fingerprint density at radius 1 is 1.21 bits per heavy atom. The molecule has 0 spiro atoms. The van der Waals surface area contributed by atoms with Gasteiger partial charge in [0.15, 0.2) is 11.5 Å². The van der Waals surface area contributed by atoms with Gasteiger partial charge in [-0.25, -0.2) is 0 Å². The minimum absolute atomic E-state index is 0.611. The average Bonchev–Trinajstić information content (AvgIpc) is 2.83. The lowest BCUT2D eigenvalue weighted by Gasteiger charge is -2.12. The highest BCUT2D eigenvalue weighted by Crippen LogP contribution is 2.30. The Kier molecular flexibility index (Phi) is 4.93. The first-order valence-electron chi connectivity index (χ1n) is 6.02. The van der Waals surface area contributed by atoms with Crippen LogP contribution in [0.4, 0.5) is 5.69 Å². The van der Waals surface area contributed by atoms with Crippen molar-refractivity contribution in [2.75, 3.05) is 19.0 Å². The molecule has 1 N–H and O–H groups in total. The fraction of sp³-hybridized carbons (Fsp3) is 0.286. The maximum Gasteiger partial charge on any atom is 0.163 e. The minimum Gasteiger partial charge on any atom is -0.493 e. The summed E-state index contributed by atoms with van der Waals surface area (Å²) in [5.74, 6) is 1.49. The second-order valence-corrected chi connectivity index (χ2v) is 5.66. The second-order valence-electron chi connectivity index (χ2n) is 3.86. The van der Waals surface area contributed by atoms with Crippen molar-refractivity contribution in [3.63, 3.8) is 0 Å². The van der Waals surface area contributed by atoms with Crippen molar-refractivity contribution in [1.82, 2.24) is 0 Å². The first-order valence-corrected chi connectivity index (χ1v) is 7.21. The van der Waals surface area contributed by atoms with E-state index in [0.29, 0.717) is 6.61 Å². The molecule has 2 rings (SSSR count). The van der Waals surface area contributed by atoms with Gasteiger partial charge in [-0.2, -0.15) is 0 Å². The number of hydrogen-bond donors (Lipinski definition) is 1. The third kappa shape index (κ3) is 3.78. The topological polar surface area (TPSA) is 30.5 Å². The summed E-state index contributed by atoms with van der Waals surface area (Å²) >= 11 is 7.48. The van der Waals surface area contributed by atoms with Gasteiger partial charge in [-0.3, -0.25) is 0 Å². The number of nitrogens with one attached hydrogen (secondary N) is 1. The van der Waals surface area contributed by atoms with Gasteiger partial charge < -0.3 is 14.8 Å². The van der Waals surface area contributed by atoms with E-state index in [1.807, 2.05) is 37.3 Å². The second kappa shape index (κ2) is 6.68. The molecular weight excluding hydrogens is 282 g/mol. The van der Waals surface area contributed by atoms with Crippen molar-refractivity contribution in [2.45, 2.75) is 13.5 Å². The van der Waals surface area contributed by atoms with Crippen molar-refractivity contribution >= 4 is 28.6 Å². The number of methoxy groups -OCH3 is 1. The highest BCUT2D eigenvalue weighted by molar-refractivity contribution is 7.16. The zero-order chi connectivity index (χ0) is 13.7. The molecule has 0 saturated heterocycles. The van der Waals surface area contributed by atoms with Crippen LogP contribution < -0.4 is 14.8 Å². The van der Waals surface area contributed by atoms with Gasteiger partial charge in [-0.05, 0) is 31.2 Å². The summed E-state index contributed by atoms with van der Waals surface area (Å²) in [5, 5.41) is 3.34. The number of halogens is 1. The third-order valence-electron chi connectivity index (χ3n) is 2.56. The van der Waals surface area contributed by atoms with E-state index in [2.05, 4.69) is 5.32 Å². The molecule has 1 heterocycles. The van der Waals surface area contributed by atoms with Crippen molar-refractivity contribution < 1.29 is 9.47 Å². The third-order valence-corrected chi connectivity index (χ3v) is 3.79. The highest BCUT2D eigenvalue weighted by Gasteiger charge is 2.05. The van der Waals surface area contributed by atoms with Gasteiger partial charge in [0.2, 0.25) is 0 Å². The van der Waals surface area contributed by atoms with Crippen LogP contribution in [0.5, 0.6) is 11.5 Å². The molecule has 2 aromatic rings. The van der Waals surface area contributed by atoms with Gasteiger partial charge in [-0.15, -0.1) is 11.3 Å². The van der Waals surface area contributed by atoms with Crippen LogP contribution in [0, 0.1) is 0 Å². The lowest BCUT2D eigenvalue weighted by molar-refractivity contribution is 0.311. The van der Waals surface area contributed by atoms with E-state index in [-0.39, 0.29) is 0 Å². The largest absolute Gasteiger partial charge is 0.493 e. The smallest absolute Gasteiger partial charge is 0.163 e. The number of benzene rings is 1.